The molecule has 1 saturated heterocycles. The van der Waals surface area contributed by atoms with Gasteiger partial charge in [0, 0.05) is 12.1 Å². The van der Waals surface area contributed by atoms with Crippen molar-refractivity contribution < 1.29 is 14.5 Å². The summed E-state index contributed by atoms with van der Waals surface area (Å²) in [7, 11) is 0. The van der Waals surface area contributed by atoms with Crippen molar-refractivity contribution in [1.82, 2.24) is 5.32 Å². The molecule has 0 unspecified atom stereocenters. The topological polar surface area (TPSA) is 105 Å². The molecule has 1 aliphatic heterocycles. The van der Waals surface area contributed by atoms with E-state index in [-0.39, 0.29) is 23.4 Å². The normalized spacial score (nSPS) is 15.3. The third-order valence-electron chi connectivity index (χ3n) is 3.37. The highest BCUT2D eigenvalue weighted by atomic mass is 32.2. The van der Waals surface area contributed by atoms with Crippen LogP contribution in [0.15, 0.2) is 53.4 Å². The summed E-state index contributed by atoms with van der Waals surface area (Å²) in [6.07, 6.45) is 1.69. The predicted molar refractivity (Wildman–Crippen MR) is 95.3 cm³/mol. The van der Waals surface area contributed by atoms with Crippen LogP contribution in [0, 0.1) is 15.5 Å². The van der Waals surface area contributed by atoms with Crippen LogP contribution >= 0.6 is 11.8 Å². The zero-order chi connectivity index (χ0) is 17.8. The molecule has 0 radical (unpaired) electrons. The second kappa shape index (κ2) is 7.18. The lowest BCUT2D eigenvalue weighted by Gasteiger charge is -2.07. The van der Waals surface area contributed by atoms with Crippen molar-refractivity contribution in [1.29, 1.82) is 5.41 Å². The number of nitro groups is 1. The number of benzene rings is 2. The standard InChI is InChI=1S/C17H13N3O4S/c18-17-19-16(21)15(25-17)9-12-2-1-3-14(8-12)24-10-11-4-6-13(7-5-11)20(22)23/h1-9H,10H2,(H2,18,19,21)/b15-9-. The molecule has 3 rings (SSSR count). The van der Waals surface area contributed by atoms with Gasteiger partial charge in [0.15, 0.2) is 5.17 Å². The molecule has 1 aliphatic rings. The lowest BCUT2D eigenvalue weighted by Crippen LogP contribution is -2.18. The number of carbonyl (C=O) groups is 1. The number of amides is 1. The van der Waals surface area contributed by atoms with Gasteiger partial charge in [-0.05, 0) is 53.2 Å². The highest BCUT2D eigenvalue weighted by Crippen LogP contribution is 2.26. The molecule has 0 spiro atoms. The van der Waals surface area contributed by atoms with Crippen molar-refractivity contribution >= 4 is 34.6 Å². The fourth-order valence-electron chi connectivity index (χ4n) is 2.17. The van der Waals surface area contributed by atoms with Crippen LogP contribution in [0.1, 0.15) is 11.1 Å². The largest absolute Gasteiger partial charge is 0.489 e. The summed E-state index contributed by atoms with van der Waals surface area (Å²) in [6.45, 7) is 0.276. The van der Waals surface area contributed by atoms with E-state index in [1.165, 1.54) is 12.1 Å². The Morgan fingerprint density at radius 2 is 2.00 bits per heavy atom. The van der Waals surface area contributed by atoms with Gasteiger partial charge in [-0.3, -0.25) is 20.3 Å². The summed E-state index contributed by atoms with van der Waals surface area (Å²) in [5.74, 6) is 0.332. The van der Waals surface area contributed by atoms with Crippen molar-refractivity contribution in [2.75, 3.05) is 0 Å². The van der Waals surface area contributed by atoms with Gasteiger partial charge in [-0.15, -0.1) is 0 Å². The van der Waals surface area contributed by atoms with Gasteiger partial charge in [-0.25, -0.2) is 0 Å². The molecule has 1 amide bonds. The molecule has 0 aromatic heterocycles. The second-order valence-corrected chi connectivity index (χ2v) is 6.23. The molecule has 0 aliphatic carbocycles. The predicted octanol–water partition coefficient (Wildman–Crippen LogP) is 3.31. The number of non-ortho nitro benzene ring substituents is 1. The Balaban J connectivity index is 1.68. The third kappa shape index (κ3) is 4.24. The number of nitrogens with one attached hydrogen (secondary N) is 2. The SMILES string of the molecule is N=C1NC(=O)/C(=C/c2cccc(OCc3ccc([N+](=O)[O-])cc3)c2)S1. The number of nitrogens with zero attached hydrogens (tertiary/aromatic N) is 1. The first-order chi connectivity index (χ1) is 12.0. The van der Waals surface area contributed by atoms with E-state index < -0.39 is 4.92 Å². The molecule has 25 heavy (non-hydrogen) atoms. The maximum Gasteiger partial charge on any atom is 0.269 e. The average molecular weight is 355 g/mol. The van der Waals surface area contributed by atoms with Crippen molar-refractivity contribution in [3.05, 3.63) is 74.7 Å². The molecule has 2 aromatic carbocycles. The summed E-state index contributed by atoms with van der Waals surface area (Å²) in [5, 5.41) is 20.6. The van der Waals surface area contributed by atoms with Gasteiger partial charge in [-0.1, -0.05) is 12.1 Å². The Kier molecular flexibility index (Phi) is 4.80. The lowest BCUT2D eigenvalue weighted by molar-refractivity contribution is -0.384. The number of hydrogen-bond acceptors (Lipinski definition) is 6. The monoisotopic (exact) mass is 355 g/mol. The van der Waals surface area contributed by atoms with Crippen molar-refractivity contribution in [2.45, 2.75) is 6.61 Å². The van der Waals surface area contributed by atoms with Crippen LogP contribution in [0.3, 0.4) is 0 Å². The smallest absolute Gasteiger partial charge is 0.269 e. The zero-order valence-corrected chi connectivity index (χ0v) is 13.7. The molecular formula is C17H13N3O4S. The van der Waals surface area contributed by atoms with Crippen LogP contribution in [0.25, 0.3) is 6.08 Å². The van der Waals surface area contributed by atoms with E-state index in [1.54, 1.807) is 36.4 Å². The molecule has 126 valence electrons. The molecule has 0 bridgehead atoms. The molecule has 2 aromatic rings. The number of rotatable bonds is 5. The van der Waals surface area contributed by atoms with E-state index in [4.69, 9.17) is 10.1 Å². The second-order valence-electron chi connectivity index (χ2n) is 5.18. The Morgan fingerprint density at radius 3 is 2.64 bits per heavy atom. The minimum absolute atomic E-state index is 0.0373. The van der Waals surface area contributed by atoms with Crippen LogP contribution in [-0.4, -0.2) is 16.0 Å². The van der Waals surface area contributed by atoms with Gasteiger partial charge >= 0.3 is 0 Å². The van der Waals surface area contributed by atoms with Crippen molar-refractivity contribution in [2.24, 2.45) is 0 Å². The van der Waals surface area contributed by atoms with Gasteiger partial charge in [0.1, 0.15) is 12.4 Å². The summed E-state index contributed by atoms with van der Waals surface area (Å²) in [4.78, 5) is 22.3. The summed E-state index contributed by atoms with van der Waals surface area (Å²) in [5.41, 5.74) is 1.64. The molecule has 7 nitrogen and oxygen atoms in total. The minimum Gasteiger partial charge on any atom is -0.489 e. The van der Waals surface area contributed by atoms with Gasteiger partial charge in [0.2, 0.25) is 0 Å². The van der Waals surface area contributed by atoms with E-state index in [0.717, 1.165) is 22.9 Å². The Bertz CT molecular complexity index is 878. The van der Waals surface area contributed by atoms with E-state index >= 15 is 0 Å². The van der Waals surface area contributed by atoms with Gasteiger partial charge in [-0.2, -0.15) is 0 Å². The van der Waals surface area contributed by atoms with Crippen molar-refractivity contribution in [3.63, 3.8) is 0 Å². The first-order valence-corrected chi connectivity index (χ1v) is 8.08. The van der Waals surface area contributed by atoms with Crippen LogP contribution in [0.2, 0.25) is 0 Å². The summed E-state index contributed by atoms with van der Waals surface area (Å²) < 4.78 is 5.70. The van der Waals surface area contributed by atoms with Crippen LogP contribution in [0.5, 0.6) is 5.75 Å². The quantitative estimate of drug-likeness (QED) is 0.486. The first kappa shape index (κ1) is 16.7. The minimum atomic E-state index is -0.446. The number of carbonyl (C=O) groups excluding carboxylic acids is 1. The summed E-state index contributed by atoms with van der Waals surface area (Å²) >= 11 is 1.08. The molecule has 2 N–H and O–H groups in total. The first-order valence-electron chi connectivity index (χ1n) is 7.27. The highest BCUT2D eigenvalue weighted by Gasteiger charge is 2.22. The molecule has 0 saturated carbocycles. The van der Waals surface area contributed by atoms with E-state index in [0.29, 0.717) is 10.7 Å². The van der Waals surface area contributed by atoms with Crippen LogP contribution in [-0.2, 0) is 11.4 Å². The Hall–Kier alpha value is -3.13. The van der Waals surface area contributed by atoms with Gasteiger partial charge < -0.3 is 10.1 Å². The van der Waals surface area contributed by atoms with Crippen LogP contribution in [0.4, 0.5) is 5.69 Å². The average Bonchev–Trinajstić information content (AvgIpc) is 2.91. The zero-order valence-electron chi connectivity index (χ0n) is 12.9. The Morgan fingerprint density at radius 1 is 1.24 bits per heavy atom. The van der Waals surface area contributed by atoms with E-state index in [1.807, 2.05) is 6.07 Å². The highest BCUT2D eigenvalue weighted by molar-refractivity contribution is 8.18. The van der Waals surface area contributed by atoms with Gasteiger partial charge in [0.25, 0.3) is 11.6 Å². The molecule has 8 heteroatoms. The number of amidine groups is 1. The number of ether oxygens (including phenoxy) is 1. The molecule has 1 heterocycles. The maximum absolute atomic E-state index is 11.6. The maximum atomic E-state index is 11.6. The summed E-state index contributed by atoms with van der Waals surface area (Å²) in [6, 6.07) is 13.4. The van der Waals surface area contributed by atoms with Crippen LogP contribution < -0.4 is 10.1 Å². The fourth-order valence-corrected chi connectivity index (χ4v) is 2.87. The fraction of sp³-hybridized carbons (Fsp3) is 0.0588. The van der Waals surface area contributed by atoms with Gasteiger partial charge in [0.05, 0.1) is 9.83 Å². The number of hydrogen-bond donors (Lipinski definition) is 2. The number of nitro benzene ring substituents is 1. The third-order valence-corrected chi connectivity index (χ3v) is 4.20. The molecule has 1 fully saturated rings. The lowest BCUT2D eigenvalue weighted by atomic mass is 10.2. The molecular weight excluding hydrogens is 342 g/mol. The van der Waals surface area contributed by atoms with E-state index in [2.05, 4.69) is 5.32 Å². The Labute approximate surface area is 147 Å². The van der Waals surface area contributed by atoms with Crippen molar-refractivity contribution in [3.8, 4) is 5.75 Å². The molecule has 0 atom stereocenters. The number of thioether (sulfide) groups is 1. The van der Waals surface area contributed by atoms with E-state index in [9.17, 15) is 14.9 Å².